The molecule has 1 aromatic carbocycles. The van der Waals surface area contributed by atoms with Crippen LogP contribution in [-0.2, 0) is 0 Å². The van der Waals surface area contributed by atoms with Gasteiger partial charge in [0.15, 0.2) is 0 Å². The Bertz CT molecular complexity index is 383. The molecular weight excluding hydrogens is 237 g/mol. The fourth-order valence-corrected chi connectivity index (χ4v) is 1.01. The summed E-state index contributed by atoms with van der Waals surface area (Å²) in [6.07, 6.45) is 0. The van der Waals surface area contributed by atoms with E-state index in [1.807, 2.05) is 0 Å². The van der Waals surface area contributed by atoms with E-state index in [1.165, 1.54) is 0 Å². The predicted octanol–water partition coefficient (Wildman–Crippen LogP) is -1.97. The van der Waals surface area contributed by atoms with Crippen LogP contribution in [0, 0.1) is 0 Å². The van der Waals surface area contributed by atoms with Gasteiger partial charge in [-0.15, -0.1) is 0 Å². The molecule has 0 bridgehead atoms. The molecule has 0 saturated carbocycles. The third-order valence-corrected chi connectivity index (χ3v) is 1.69. The monoisotopic (exact) mass is 243 g/mol. The van der Waals surface area contributed by atoms with Crippen molar-refractivity contribution in [3.63, 3.8) is 0 Å². The van der Waals surface area contributed by atoms with Crippen molar-refractivity contribution < 1.29 is 74.2 Å². The maximum atomic E-state index is 12.2. The van der Waals surface area contributed by atoms with Crippen molar-refractivity contribution in [1.29, 1.82) is 0 Å². The summed E-state index contributed by atoms with van der Waals surface area (Å²) >= 11 is 0. The average molecular weight is 243 g/mol. The second-order valence-electron chi connectivity index (χ2n) is 2.72. The maximum Gasteiger partial charge on any atom is 1.00 e. The molecule has 0 amide bonds. The molecule has 76 valence electrons. The van der Waals surface area contributed by atoms with Crippen LogP contribution >= 0.6 is 0 Å². The van der Waals surface area contributed by atoms with Crippen LogP contribution in [-0.4, -0.2) is 18.1 Å². The molecule has 0 aliphatic carbocycles. The fraction of sp³-hybridized carbons (Fsp3) is 0. The molecule has 0 unspecified atom stereocenters. The third kappa shape index (κ3) is 3.80. The Kier molecular flexibility index (Phi) is 5.35. The standard InChI is InChI=1S/C7H6BF3NO2.K/c9-8(10,11)5-2-1-4(7(13)14)3-6(5)12;/h1-3H,12H2,(H,13,14);/q-1;+1. The molecule has 0 spiro atoms. The summed E-state index contributed by atoms with van der Waals surface area (Å²) < 4.78 is 36.6. The Balaban J connectivity index is 0.00000196. The van der Waals surface area contributed by atoms with Crippen molar-refractivity contribution >= 4 is 24.1 Å². The van der Waals surface area contributed by atoms with Crippen LogP contribution in [0.25, 0.3) is 0 Å². The van der Waals surface area contributed by atoms with Crippen molar-refractivity contribution in [1.82, 2.24) is 0 Å². The van der Waals surface area contributed by atoms with Crippen molar-refractivity contribution in [2.45, 2.75) is 0 Å². The molecule has 3 N–H and O–H groups in total. The van der Waals surface area contributed by atoms with E-state index < -0.39 is 24.1 Å². The molecule has 0 radical (unpaired) electrons. The number of rotatable bonds is 2. The summed E-state index contributed by atoms with van der Waals surface area (Å²) in [5.74, 6) is -1.31. The zero-order chi connectivity index (χ0) is 10.9. The molecular formula is C7H6BF3KNO2. The van der Waals surface area contributed by atoms with Gasteiger partial charge in [0.05, 0.1) is 5.56 Å². The van der Waals surface area contributed by atoms with Gasteiger partial charge in [0.2, 0.25) is 0 Å². The van der Waals surface area contributed by atoms with Crippen molar-refractivity contribution in [3.05, 3.63) is 23.8 Å². The summed E-state index contributed by atoms with van der Waals surface area (Å²) in [4.78, 5) is 10.4. The zero-order valence-corrected chi connectivity index (χ0v) is 11.0. The fourth-order valence-electron chi connectivity index (χ4n) is 1.01. The summed E-state index contributed by atoms with van der Waals surface area (Å²) in [7, 11) is 0. The van der Waals surface area contributed by atoms with Gasteiger partial charge < -0.3 is 23.8 Å². The number of aromatic carboxylic acids is 1. The predicted molar refractivity (Wildman–Crippen MR) is 46.5 cm³/mol. The van der Waals surface area contributed by atoms with Crippen molar-refractivity contribution in [2.24, 2.45) is 0 Å². The van der Waals surface area contributed by atoms with E-state index in [-0.39, 0.29) is 56.9 Å². The summed E-state index contributed by atoms with van der Waals surface area (Å²) in [6.45, 7) is -5.18. The number of halogens is 3. The van der Waals surface area contributed by atoms with E-state index in [4.69, 9.17) is 10.8 Å². The Morgan fingerprint density at radius 2 is 1.87 bits per heavy atom. The van der Waals surface area contributed by atoms with E-state index in [1.54, 1.807) is 0 Å². The minimum Gasteiger partial charge on any atom is -0.478 e. The Labute approximate surface area is 126 Å². The van der Waals surface area contributed by atoms with Gasteiger partial charge in [-0.05, 0) is 6.07 Å². The average Bonchev–Trinajstić information content (AvgIpc) is 2.01. The van der Waals surface area contributed by atoms with Crippen LogP contribution in [0.4, 0.5) is 18.6 Å². The van der Waals surface area contributed by atoms with E-state index in [0.717, 1.165) is 12.1 Å². The largest absolute Gasteiger partial charge is 1.00 e. The molecule has 1 rings (SSSR count). The van der Waals surface area contributed by atoms with Gasteiger partial charge in [-0.1, -0.05) is 17.6 Å². The van der Waals surface area contributed by atoms with Gasteiger partial charge in [-0.25, -0.2) is 4.79 Å². The normalized spacial score (nSPS) is 10.6. The topological polar surface area (TPSA) is 63.3 Å². The van der Waals surface area contributed by atoms with Crippen LogP contribution in [0.2, 0.25) is 0 Å². The number of hydrogen-bond acceptors (Lipinski definition) is 2. The van der Waals surface area contributed by atoms with Gasteiger partial charge in [-0.3, -0.25) is 0 Å². The Morgan fingerprint density at radius 3 is 2.20 bits per heavy atom. The molecule has 3 nitrogen and oxygen atoms in total. The number of nitrogens with two attached hydrogens (primary N) is 1. The smallest absolute Gasteiger partial charge is 0.478 e. The van der Waals surface area contributed by atoms with E-state index in [9.17, 15) is 17.7 Å². The SMILES string of the molecule is Nc1cc(C(=O)O)ccc1[B-](F)(F)F.[K+]. The van der Waals surface area contributed by atoms with Crippen LogP contribution in [0.1, 0.15) is 10.4 Å². The molecule has 0 heterocycles. The molecule has 15 heavy (non-hydrogen) atoms. The first-order valence-corrected chi connectivity index (χ1v) is 3.65. The van der Waals surface area contributed by atoms with E-state index in [0.29, 0.717) is 6.07 Å². The van der Waals surface area contributed by atoms with Crippen molar-refractivity contribution in [3.8, 4) is 0 Å². The summed E-state index contributed by atoms with van der Waals surface area (Å²) in [5.41, 5.74) is 3.30. The molecule has 0 aliphatic rings. The van der Waals surface area contributed by atoms with E-state index >= 15 is 0 Å². The number of carboxylic acid groups (broad SMARTS) is 1. The number of anilines is 1. The first-order valence-electron chi connectivity index (χ1n) is 3.65. The zero-order valence-electron chi connectivity index (χ0n) is 7.88. The molecule has 0 fully saturated rings. The second kappa shape index (κ2) is 5.35. The molecule has 0 aromatic heterocycles. The van der Waals surface area contributed by atoms with Gasteiger partial charge in [0.1, 0.15) is 0 Å². The Hall–Kier alpha value is -0.0187. The van der Waals surface area contributed by atoms with Crippen LogP contribution in [0.15, 0.2) is 18.2 Å². The van der Waals surface area contributed by atoms with Crippen molar-refractivity contribution in [2.75, 3.05) is 5.73 Å². The number of hydrogen-bond donors (Lipinski definition) is 2. The molecule has 1 aromatic rings. The summed E-state index contributed by atoms with van der Waals surface area (Å²) in [6, 6.07) is 2.36. The van der Waals surface area contributed by atoms with Crippen LogP contribution < -0.4 is 62.6 Å². The first-order chi connectivity index (χ1) is 6.32. The van der Waals surface area contributed by atoms with Gasteiger partial charge in [0, 0.05) is 5.69 Å². The van der Waals surface area contributed by atoms with Crippen LogP contribution in [0.5, 0.6) is 0 Å². The number of benzene rings is 1. The quantitative estimate of drug-likeness (QED) is 0.467. The Morgan fingerprint density at radius 1 is 1.33 bits per heavy atom. The molecule has 8 heteroatoms. The number of nitrogen functional groups attached to an aromatic ring is 1. The van der Waals surface area contributed by atoms with Gasteiger partial charge in [0.25, 0.3) is 0 Å². The third-order valence-electron chi connectivity index (χ3n) is 1.69. The van der Waals surface area contributed by atoms with Crippen LogP contribution in [0.3, 0.4) is 0 Å². The molecule has 0 aliphatic heterocycles. The number of carboxylic acids is 1. The molecule has 0 saturated heterocycles. The van der Waals surface area contributed by atoms with Gasteiger partial charge >= 0.3 is 64.3 Å². The molecule has 0 atom stereocenters. The minimum atomic E-state index is -5.18. The summed E-state index contributed by atoms with van der Waals surface area (Å²) in [5, 5.41) is 8.47. The van der Waals surface area contributed by atoms with Gasteiger partial charge in [-0.2, -0.15) is 0 Å². The first kappa shape index (κ1) is 15.0. The second-order valence-corrected chi connectivity index (χ2v) is 2.72. The van der Waals surface area contributed by atoms with E-state index in [2.05, 4.69) is 0 Å². The maximum absolute atomic E-state index is 12.2. The number of carbonyl (C=O) groups is 1. The minimum absolute atomic E-state index is 0.